The third kappa shape index (κ3) is 37.6. The highest BCUT2D eigenvalue weighted by molar-refractivity contribution is 7.47. The Labute approximate surface area is 322 Å². The molecule has 0 bridgehead atoms. The second kappa shape index (κ2) is 35.9. The molecule has 3 unspecified atom stereocenters. The van der Waals surface area contributed by atoms with Gasteiger partial charge >= 0.3 is 7.82 Å². The lowest BCUT2D eigenvalue weighted by atomic mass is 10.0. The van der Waals surface area contributed by atoms with Crippen molar-refractivity contribution in [3.05, 3.63) is 12.2 Å². The first-order valence-corrected chi connectivity index (χ1v) is 23.6. The van der Waals surface area contributed by atoms with Crippen molar-refractivity contribution in [1.82, 2.24) is 5.32 Å². The molecule has 0 aromatic carbocycles. The molecular weight excluding hydrogens is 671 g/mol. The van der Waals surface area contributed by atoms with E-state index in [0.29, 0.717) is 17.4 Å². The molecular formula is C43H88N2O6P+. The molecule has 9 heteroatoms. The molecule has 0 saturated heterocycles. The van der Waals surface area contributed by atoms with Crippen LogP contribution in [0.25, 0.3) is 0 Å². The van der Waals surface area contributed by atoms with Gasteiger partial charge in [-0.2, -0.15) is 0 Å². The Hall–Kier alpha value is -0.760. The molecule has 3 atom stereocenters. The Kier molecular flexibility index (Phi) is 35.4. The van der Waals surface area contributed by atoms with Gasteiger partial charge in [-0.1, -0.05) is 193 Å². The van der Waals surface area contributed by atoms with Crippen molar-refractivity contribution in [2.24, 2.45) is 0 Å². The zero-order valence-electron chi connectivity index (χ0n) is 35.1. The molecule has 0 heterocycles. The van der Waals surface area contributed by atoms with Crippen LogP contribution in [0.5, 0.6) is 0 Å². The van der Waals surface area contributed by atoms with Crippen LogP contribution in [0, 0.1) is 0 Å². The number of aliphatic hydroxyl groups excluding tert-OH is 1. The maximum Gasteiger partial charge on any atom is 0.472 e. The van der Waals surface area contributed by atoms with E-state index in [1.807, 2.05) is 27.2 Å². The second-order valence-electron chi connectivity index (χ2n) is 16.4. The molecule has 310 valence electrons. The zero-order valence-corrected chi connectivity index (χ0v) is 36.0. The van der Waals surface area contributed by atoms with Crippen molar-refractivity contribution >= 4 is 13.7 Å². The third-order valence-electron chi connectivity index (χ3n) is 10.0. The quantitative estimate of drug-likeness (QED) is 0.0249. The lowest BCUT2D eigenvalue weighted by Crippen LogP contribution is -2.45. The number of carbonyl (C=O) groups is 1. The summed E-state index contributed by atoms with van der Waals surface area (Å²) in [6.45, 7) is 4.78. The Morgan fingerprint density at radius 1 is 0.635 bits per heavy atom. The van der Waals surface area contributed by atoms with Crippen molar-refractivity contribution in [1.29, 1.82) is 0 Å². The molecule has 0 radical (unpaired) electrons. The number of phosphoric acid groups is 1. The highest BCUT2D eigenvalue weighted by atomic mass is 31.2. The molecule has 0 aromatic heterocycles. The van der Waals surface area contributed by atoms with E-state index < -0.39 is 20.0 Å². The highest BCUT2D eigenvalue weighted by Gasteiger charge is 2.27. The van der Waals surface area contributed by atoms with Gasteiger partial charge in [0.1, 0.15) is 13.2 Å². The summed E-state index contributed by atoms with van der Waals surface area (Å²) in [5, 5.41) is 13.7. The van der Waals surface area contributed by atoms with Gasteiger partial charge in [-0.05, 0) is 19.3 Å². The number of amides is 1. The number of allylic oxidation sites excluding steroid dienone is 1. The first kappa shape index (κ1) is 51.2. The number of phosphoric ester groups is 1. The van der Waals surface area contributed by atoms with E-state index in [2.05, 4.69) is 19.2 Å². The van der Waals surface area contributed by atoms with Crippen LogP contribution in [0.4, 0.5) is 0 Å². The SMILES string of the molecule is CCCCCCCC/C=C/C(O)C(COP(=O)(O)OCC[N+](C)(C)C)NC(=O)CCCCCCCCCCCCCCCCCCCCCCCC. The number of nitrogens with one attached hydrogen (secondary N) is 1. The van der Waals surface area contributed by atoms with Crippen LogP contribution in [0.3, 0.4) is 0 Å². The number of quaternary nitrogens is 1. The van der Waals surface area contributed by atoms with E-state index in [1.165, 1.54) is 148 Å². The second-order valence-corrected chi connectivity index (χ2v) is 17.9. The molecule has 0 aliphatic rings. The summed E-state index contributed by atoms with van der Waals surface area (Å²) in [6.07, 6.45) is 40.1. The molecule has 0 rings (SSSR count). The van der Waals surface area contributed by atoms with Gasteiger partial charge in [-0.3, -0.25) is 13.8 Å². The smallest absolute Gasteiger partial charge is 0.387 e. The Morgan fingerprint density at radius 2 is 1.02 bits per heavy atom. The van der Waals surface area contributed by atoms with E-state index in [-0.39, 0.29) is 19.1 Å². The lowest BCUT2D eigenvalue weighted by molar-refractivity contribution is -0.870. The first-order chi connectivity index (χ1) is 25.0. The largest absolute Gasteiger partial charge is 0.472 e. The van der Waals surface area contributed by atoms with Gasteiger partial charge < -0.3 is 19.8 Å². The predicted octanol–water partition coefficient (Wildman–Crippen LogP) is 12.0. The summed E-state index contributed by atoms with van der Waals surface area (Å²) in [5.41, 5.74) is 0. The Bertz CT molecular complexity index is 865. The molecule has 1 amide bonds. The maximum atomic E-state index is 12.8. The van der Waals surface area contributed by atoms with Gasteiger partial charge in [-0.25, -0.2) is 4.57 Å². The van der Waals surface area contributed by atoms with Crippen molar-refractivity contribution in [3.8, 4) is 0 Å². The van der Waals surface area contributed by atoms with Crippen LogP contribution in [-0.2, 0) is 18.4 Å². The lowest BCUT2D eigenvalue weighted by Gasteiger charge is -2.25. The summed E-state index contributed by atoms with van der Waals surface area (Å²) < 4.78 is 23.4. The molecule has 3 N–H and O–H groups in total. The van der Waals surface area contributed by atoms with E-state index in [0.717, 1.165) is 38.5 Å². The van der Waals surface area contributed by atoms with Gasteiger partial charge in [0, 0.05) is 6.42 Å². The molecule has 0 saturated carbocycles. The Morgan fingerprint density at radius 3 is 1.42 bits per heavy atom. The Balaban J connectivity index is 4.15. The normalized spacial score (nSPS) is 14.5. The highest BCUT2D eigenvalue weighted by Crippen LogP contribution is 2.43. The minimum atomic E-state index is -4.32. The van der Waals surface area contributed by atoms with Crippen molar-refractivity contribution in [3.63, 3.8) is 0 Å². The van der Waals surface area contributed by atoms with Crippen LogP contribution in [0.2, 0.25) is 0 Å². The van der Waals surface area contributed by atoms with Crippen molar-refractivity contribution < 1.29 is 32.9 Å². The van der Waals surface area contributed by atoms with Crippen LogP contribution in [0.15, 0.2) is 12.2 Å². The van der Waals surface area contributed by atoms with Crippen LogP contribution in [0.1, 0.15) is 206 Å². The van der Waals surface area contributed by atoms with Crippen LogP contribution >= 0.6 is 7.82 Å². The minimum Gasteiger partial charge on any atom is -0.387 e. The number of unbranched alkanes of at least 4 members (excludes halogenated alkanes) is 27. The zero-order chi connectivity index (χ0) is 38.6. The van der Waals surface area contributed by atoms with E-state index >= 15 is 0 Å². The number of carbonyl (C=O) groups excluding carboxylic acids is 1. The number of nitrogens with zero attached hydrogens (tertiary/aromatic N) is 1. The average Bonchev–Trinajstić information content (AvgIpc) is 3.09. The molecule has 0 aromatic rings. The van der Waals surface area contributed by atoms with Crippen LogP contribution < -0.4 is 5.32 Å². The van der Waals surface area contributed by atoms with E-state index in [4.69, 9.17) is 9.05 Å². The fourth-order valence-corrected chi connectivity index (χ4v) is 7.19. The molecule has 52 heavy (non-hydrogen) atoms. The van der Waals surface area contributed by atoms with Gasteiger partial charge in [0.05, 0.1) is 39.9 Å². The van der Waals surface area contributed by atoms with Gasteiger partial charge in [0.25, 0.3) is 0 Å². The molecule has 0 aliphatic heterocycles. The monoisotopic (exact) mass is 760 g/mol. The molecule has 0 fully saturated rings. The number of likely N-dealkylation sites (N-methyl/N-ethyl adjacent to an activating group) is 1. The summed E-state index contributed by atoms with van der Waals surface area (Å²) in [5.74, 6) is -0.177. The summed E-state index contributed by atoms with van der Waals surface area (Å²) in [4.78, 5) is 23.0. The van der Waals surface area contributed by atoms with Crippen molar-refractivity contribution in [2.45, 2.75) is 219 Å². The predicted molar refractivity (Wildman–Crippen MR) is 222 cm³/mol. The number of hydrogen-bond donors (Lipinski definition) is 3. The summed E-state index contributed by atoms with van der Waals surface area (Å²) in [6, 6.07) is -0.838. The summed E-state index contributed by atoms with van der Waals surface area (Å²) in [7, 11) is 1.58. The number of hydrogen-bond acceptors (Lipinski definition) is 5. The molecule has 0 spiro atoms. The maximum absolute atomic E-state index is 12.8. The third-order valence-corrected chi connectivity index (χ3v) is 11.0. The van der Waals surface area contributed by atoms with E-state index in [1.54, 1.807) is 6.08 Å². The summed E-state index contributed by atoms with van der Waals surface area (Å²) >= 11 is 0. The number of aliphatic hydroxyl groups is 1. The van der Waals surface area contributed by atoms with Gasteiger partial charge in [-0.15, -0.1) is 0 Å². The fraction of sp³-hybridized carbons (Fsp3) is 0.930. The van der Waals surface area contributed by atoms with Crippen molar-refractivity contribution in [2.75, 3.05) is 40.9 Å². The number of rotatable bonds is 40. The van der Waals surface area contributed by atoms with Crippen LogP contribution in [-0.4, -0.2) is 73.4 Å². The topological polar surface area (TPSA) is 105 Å². The minimum absolute atomic E-state index is 0.0640. The molecule has 8 nitrogen and oxygen atoms in total. The van der Waals surface area contributed by atoms with Gasteiger partial charge in [0.2, 0.25) is 5.91 Å². The van der Waals surface area contributed by atoms with E-state index in [9.17, 15) is 19.4 Å². The first-order valence-electron chi connectivity index (χ1n) is 22.1. The average molecular weight is 760 g/mol. The fourth-order valence-electron chi connectivity index (χ4n) is 6.45. The molecule has 0 aliphatic carbocycles. The van der Waals surface area contributed by atoms with Gasteiger partial charge in [0.15, 0.2) is 0 Å². The standard InChI is InChI=1S/C43H87N2O6P/c1-6-8-10-12-14-16-17-18-19-20-21-22-23-24-25-26-27-28-29-31-33-35-37-43(47)44-41(40-51-52(48,49)50-39-38-45(3,4)5)42(46)36-34-32-30-15-13-11-9-7-2/h34,36,41-42,46H,6-33,35,37-40H2,1-5H3,(H-,44,47,48,49)/p+1/b36-34+.